The van der Waals surface area contributed by atoms with Gasteiger partial charge in [0.1, 0.15) is 5.82 Å². The highest BCUT2D eigenvalue weighted by molar-refractivity contribution is 5.99. The molecule has 1 saturated heterocycles. The second kappa shape index (κ2) is 6.70. The van der Waals surface area contributed by atoms with Crippen LogP contribution in [0.1, 0.15) is 30.1 Å². The van der Waals surface area contributed by atoms with Crippen LogP contribution < -0.4 is 11.1 Å². The molecule has 110 valence electrons. The Morgan fingerprint density at radius 3 is 2.80 bits per heavy atom. The molecule has 0 aromatic heterocycles. The summed E-state index contributed by atoms with van der Waals surface area (Å²) in [4.78, 5) is 14.4. The van der Waals surface area contributed by atoms with Crippen molar-refractivity contribution < 1.29 is 9.18 Å². The Hall–Kier alpha value is -1.62. The number of nitrogens with two attached hydrogens (primary N) is 1. The number of carbonyl (C=O) groups excluding carboxylic acids is 1. The number of hydrogen-bond donors (Lipinski definition) is 2. The molecule has 0 aliphatic carbocycles. The molecule has 0 saturated carbocycles. The third-order valence-electron chi connectivity index (χ3n) is 3.97. The average Bonchev–Trinajstić information content (AvgIpc) is 2.47. The van der Waals surface area contributed by atoms with Crippen LogP contribution in [-0.4, -0.2) is 37.0 Å². The second-order valence-electron chi connectivity index (χ2n) is 5.32. The molecular weight excluding hydrogens is 257 g/mol. The number of piperidine rings is 1. The molecule has 2 rings (SSSR count). The quantitative estimate of drug-likeness (QED) is 0.827. The minimum Gasteiger partial charge on any atom is -0.398 e. The Kier molecular flexibility index (Phi) is 4.95. The lowest BCUT2D eigenvalue weighted by atomic mass is 9.96. The maximum Gasteiger partial charge on any atom is 0.253 e. The monoisotopic (exact) mass is 279 g/mol. The first-order valence-electron chi connectivity index (χ1n) is 7.15. The third kappa shape index (κ3) is 3.70. The first-order valence-corrected chi connectivity index (χ1v) is 7.15. The number of nitrogen functional groups attached to an aromatic ring is 1. The fourth-order valence-electron chi connectivity index (χ4n) is 2.56. The van der Waals surface area contributed by atoms with Gasteiger partial charge >= 0.3 is 0 Å². The molecule has 0 atom stereocenters. The summed E-state index contributed by atoms with van der Waals surface area (Å²) in [6.45, 7) is 6.04. The Bertz CT molecular complexity index is 470. The van der Waals surface area contributed by atoms with Gasteiger partial charge in [0.05, 0.1) is 5.56 Å². The van der Waals surface area contributed by atoms with E-state index in [0.29, 0.717) is 18.2 Å². The van der Waals surface area contributed by atoms with Crippen LogP contribution in [0.5, 0.6) is 0 Å². The van der Waals surface area contributed by atoms with Gasteiger partial charge in [0.25, 0.3) is 5.91 Å². The van der Waals surface area contributed by atoms with Gasteiger partial charge in [-0.2, -0.15) is 0 Å². The average molecular weight is 279 g/mol. The fraction of sp³-hybridized carbons (Fsp3) is 0.533. The molecular formula is C15H22FN3O. The molecule has 1 heterocycles. The summed E-state index contributed by atoms with van der Waals surface area (Å²) in [6.07, 6.45) is 2.18. The Morgan fingerprint density at radius 2 is 2.15 bits per heavy atom. The van der Waals surface area contributed by atoms with Gasteiger partial charge in [0, 0.05) is 12.2 Å². The molecule has 1 aromatic rings. The molecule has 5 heteroatoms. The molecule has 0 spiro atoms. The predicted octanol–water partition coefficient (Wildman–Crippen LogP) is 1.87. The van der Waals surface area contributed by atoms with E-state index in [4.69, 9.17) is 5.73 Å². The molecule has 3 N–H and O–H groups in total. The molecule has 1 fully saturated rings. The van der Waals surface area contributed by atoms with Crippen molar-refractivity contribution in [3.8, 4) is 0 Å². The Morgan fingerprint density at radius 1 is 1.45 bits per heavy atom. The van der Waals surface area contributed by atoms with Crippen molar-refractivity contribution in [2.24, 2.45) is 5.92 Å². The third-order valence-corrected chi connectivity index (χ3v) is 3.97. The van der Waals surface area contributed by atoms with E-state index in [9.17, 15) is 9.18 Å². The molecule has 0 unspecified atom stereocenters. The zero-order chi connectivity index (χ0) is 14.5. The van der Waals surface area contributed by atoms with Crippen LogP contribution in [0.25, 0.3) is 0 Å². The van der Waals surface area contributed by atoms with E-state index >= 15 is 0 Å². The SMILES string of the molecule is CCN1CCC(CNC(=O)c2cc(F)ccc2N)CC1. The standard InChI is InChI=1S/C15H22FN3O/c1-2-19-7-5-11(6-8-19)10-18-15(20)13-9-12(16)3-4-14(13)17/h3-4,9,11H,2,5-8,10,17H2,1H3,(H,18,20). The van der Waals surface area contributed by atoms with Gasteiger partial charge in [-0.25, -0.2) is 4.39 Å². The van der Waals surface area contributed by atoms with Crippen LogP contribution in [0.15, 0.2) is 18.2 Å². The van der Waals surface area contributed by atoms with Gasteiger partial charge in [-0.1, -0.05) is 6.92 Å². The number of amides is 1. The number of carbonyl (C=O) groups is 1. The van der Waals surface area contributed by atoms with Crippen molar-refractivity contribution >= 4 is 11.6 Å². The minimum atomic E-state index is -0.444. The maximum atomic E-state index is 13.1. The van der Waals surface area contributed by atoms with Gasteiger partial charge in [0.15, 0.2) is 0 Å². The van der Waals surface area contributed by atoms with Crippen molar-refractivity contribution in [3.63, 3.8) is 0 Å². The summed E-state index contributed by atoms with van der Waals surface area (Å²) >= 11 is 0. The van der Waals surface area contributed by atoms with Gasteiger partial charge in [0.2, 0.25) is 0 Å². The summed E-state index contributed by atoms with van der Waals surface area (Å²) in [5.74, 6) is -0.239. The van der Waals surface area contributed by atoms with Crippen molar-refractivity contribution in [2.45, 2.75) is 19.8 Å². The van der Waals surface area contributed by atoms with Crippen molar-refractivity contribution in [3.05, 3.63) is 29.6 Å². The normalized spacial score (nSPS) is 17.1. The number of anilines is 1. The van der Waals surface area contributed by atoms with E-state index in [1.165, 1.54) is 18.2 Å². The van der Waals surface area contributed by atoms with E-state index in [0.717, 1.165) is 32.5 Å². The summed E-state index contributed by atoms with van der Waals surface area (Å²) < 4.78 is 13.1. The topological polar surface area (TPSA) is 58.4 Å². The molecule has 4 nitrogen and oxygen atoms in total. The highest BCUT2D eigenvalue weighted by Gasteiger charge is 2.19. The van der Waals surface area contributed by atoms with Gasteiger partial charge in [-0.15, -0.1) is 0 Å². The second-order valence-corrected chi connectivity index (χ2v) is 5.32. The predicted molar refractivity (Wildman–Crippen MR) is 78.0 cm³/mol. The lowest BCUT2D eigenvalue weighted by Gasteiger charge is -2.31. The Balaban J connectivity index is 1.85. The van der Waals surface area contributed by atoms with Crippen LogP contribution in [0, 0.1) is 11.7 Å². The van der Waals surface area contributed by atoms with Crippen LogP contribution in [0.2, 0.25) is 0 Å². The first-order chi connectivity index (χ1) is 9.60. The van der Waals surface area contributed by atoms with E-state index in [-0.39, 0.29) is 11.5 Å². The summed E-state index contributed by atoms with van der Waals surface area (Å²) in [7, 11) is 0. The van der Waals surface area contributed by atoms with Crippen molar-refractivity contribution in [1.82, 2.24) is 10.2 Å². The van der Waals surface area contributed by atoms with Crippen LogP contribution in [0.4, 0.5) is 10.1 Å². The number of benzene rings is 1. The van der Waals surface area contributed by atoms with E-state index in [1.54, 1.807) is 0 Å². The molecule has 1 aromatic carbocycles. The first kappa shape index (κ1) is 14.8. The maximum absolute atomic E-state index is 13.1. The highest BCUT2D eigenvalue weighted by Crippen LogP contribution is 2.17. The summed E-state index contributed by atoms with van der Waals surface area (Å²) in [5, 5.41) is 2.87. The van der Waals surface area contributed by atoms with Crippen molar-refractivity contribution in [2.75, 3.05) is 31.9 Å². The molecule has 20 heavy (non-hydrogen) atoms. The molecule has 0 radical (unpaired) electrons. The molecule has 1 aliphatic rings. The van der Waals surface area contributed by atoms with Gasteiger partial charge in [-0.05, 0) is 56.6 Å². The van der Waals surface area contributed by atoms with Crippen molar-refractivity contribution in [1.29, 1.82) is 0 Å². The Labute approximate surface area is 119 Å². The zero-order valence-electron chi connectivity index (χ0n) is 11.9. The van der Waals surface area contributed by atoms with E-state index in [1.807, 2.05) is 0 Å². The lowest BCUT2D eigenvalue weighted by molar-refractivity contribution is 0.0937. The smallest absolute Gasteiger partial charge is 0.253 e. The lowest BCUT2D eigenvalue weighted by Crippen LogP contribution is -2.38. The minimum absolute atomic E-state index is 0.219. The largest absolute Gasteiger partial charge is 0.398 e. The number of halogens is 1. The molecule has 1 aliphatic heterocycles. The number of nitrogens with zero attached hydrogens (tertiary/aromatic N) is 1. The van der Waals surface area contributed by atoms with Gasteiger partial charge in [-0.3, -0.25) is 4.79 Å². The van der Waals surface area contributed by atoms with Gasteiger partial charge < -0.3 is 16.0 Å². The van der Waals surface area contributed by atoms with Crippen LogP contribution in [0.3, 0.4) is 0 Å². The molecule has 1 amide bonds. The van der Waals surface area contributed by atoms with Crippen LogP contribution in [-0.2, 0) is 0 Å². The number of nitrogens with one attached hydrogen (secondary N) is 1. The number of rotatable bonds is 4. The van der Waals surface area contributed by atoms with E-state index in [2.05, 4.69) is 17.1 Å². The number of likely N-dealkylation sites (tertiary alicyclic amines) is 1. The zero-order valence-corrected chi connectivity index (χ0v) is 11.9. The number of hydrogen-bond acceptors (Lipinski definition) is 3. The highest BCUT2D eigenvalue weighted by atomic mass is 19.1. The molecule has 0 bridgehead atoms. The summed E-state index contributed by atoms with van der Waals surface area (Å²) in [6, 6.07) is 3.86. The fourth-order valence-corrected chi connectivity index (χ4v) is 2.56. The van der Waals surface area contributed by atoms with E-state index < -0.39 is 5.82 Å². The van der Waals surface area contributed by atoms with Crippen LogP contribution >= 0.6 is 0 Å². The summed E-state index contributed by atoms with van der Waals surface area (Å²) in [5.41, 5.74) is 6.23.